The molecule has 0 bridgehead atoms. The van der Waals surface area contributed by atoms with Gasteiger partial charge < -0.3 is 10.6 Å². The highest BCUT2D eigenvalue weighted by atomic mass is 16.2. The van der Waals surface area contributed by atoms with Gasteiger partial charge in [0.25, 0.3) is 0 Å². The van der Waals surface area contributed by atoms with E-state index in [0.717, 1.165) is 49.9 Å². The number of nitrogens with zero attached hydrogens (tertiary/aromatic N) is 2. The molecule has 0 saturated heterocycles. The molecule has 2 aromatic rings. The average molecular weight is 569 g/mol. The fourth-order valence-corrected chi connectivity index (χ4v) is 5.24. The molecule has 2 heterocycles. The molecule has 0 spiro atoms. The Morgan fingerprint density at radius 2 is 1.17 bits per heavy atom. The first-order valence-corrected chi connectivity index (χ1v) is 15.2. The molecule has 2 aliphatic rings. The molecule has 6 atom stereocenters. The van der Waals surface area contributed by atoms with E-state index in [0.29, 0.717) is 36.8 Å². The molecule has 0 unspecified atom stereocenters. The number of nitrogens with one attached hydrogen (secondary N) is 2. The lowest BCUT2D eigenvalue weighted by molar-refractivity contribution is -0.123. The summed E-state index contributed by atoms with van der Waals surface area (Å²) in [6.45, 7) is 20.5. The van der Waals surface area contributed by atoms with Crippen LogP contribution in [0, 0.1) is 11.8 Å². The molecule has 2 aromatic heterocycles. The van der Waals surface area contributed by atoms with E-state index in [9.17, 15) is 9.59 Å². The zero-order valence-electron chi connectivity index (χ0n) is 25.4. The van der Waals surface area contributed by atoms with Crippen molar-refractivity contribution < 1.29 is 9.59 Å². The molecular formula is C36H48N4O2. The first-order chi connectivity index (χ1) is 20.3. The summed E-state index contributed by atoms with van der Waals surface area (Å²) >= 11 is 0. The van der Waals surface area contributed by atoms with Crippen LogP contribution in [0.15, 0.2) is 87.3 Å². The van der Waals surface area contributed by atoms with Gasteiger partial charge in [0.05, 0.1) is 0 Å². The molecule has 6 nitrogen and oxygen atoms in total. The molecule has 2 aliphatic carbocycles. The third-order valence-corrected chi connectivity index (χ3v) is 8.07. The molecule has 42 heavy (non-hydrogen) atoms. The van der Waals surface area contributed by atoms with Crippen LogP contribution in [-0.4, -0.2) is 34.9 Å². The van der Waals surface area contributed by atoms with E-state index in [2.05, 4.69) is 72.9 Å². The molecule has 2 fully saturated rings. The number of carbonyl (C=O) groups is 2. The highest BCUT2D eigenvalue weighted by Gasteiger charge is 2.44. The summed E-state index contributed by atoms with van der Waals surface area (Å²) < 4.78 is 0. The van der Waals surface area contributed by atoms with E-state index in [1.54, 1.807) is 0 Å². The number of amides is 2. The number of pyridine rings is 2. The maximum absolute atomic E-state index is 12.0. The number of aromatic nitrogens is 2. The molecule has 6 heteroatoms. The van der Waals surface area contributed by atoms with Gasteiger partial charge in [0.1, 0.15) is 0 Å². The predicted octanol–water partition coefficient (Wildman–Crippen LogP) is 7.11. The van der Waals surface area contributed by atoms with Crippen molar-refractivity contribution in [3.05, 3.63) is 110 Å². The molecule has 0 aliphatic heterocycles. The van der Waals surface area contributed by atoms with E-state index in [4.69, 9.17) is 0 Å². The van der Waals surface area contributed by atoms with Crippen LogP contribution in [0.5, 0.6) is 0 Å². The number of carbonyl (C=O) groups excluding carboxylic acids is 2. The Morgan fingerprint density at radius 3 is 1.52 bits per heavy atom. The summed E-state index contributed by atoms with van der Waals surface area (Å²) in [5.41, 5.74) is 4.65. The summed E-state index contributed by atoms with van der Waals surface area (Å²) in [6.07, 6.45) is 16.6. The van der Waals surface area contributed by atoms with E-state index in [1.165, 1.54) is 11.1 Å². The van der Waals surface area contributed by atoms with Crippen LogP contribution in [0.4, 0.5) is 0 Å². The van der Waals surface area contributed by atoms with Crippen LogP contribution < -0.4 is 10.6 Å². The average Bonchev–Trinajstić information content (AvgIpc) is 3.92. The van der Waals surface area contributed by atoms with E-state index in [-0.39, 0.29) is 23.7 Å². The Bertz CT molecular complexity index is 1140. The third kappa shape index (κ3) is 9.64. The van der Waals surface area contributed by atoms with Gasteiger partial charge in [-0.15, -0.1) is 26.3 Å². The highest BCUT2D eigenvalue weighted by Crippen LogP contribution is 2.48. The molecule has 2 saturated carbocycles. The zero-order valence-corrected chi connectivity index (χ0v) is 25.4. The summed E-state index contributed by atoms with van der Waals surface area (Å²) in [4.78, 5) is 32.9. The van der Waals surface area contributed by atoms with Crippen molar-refractivity contribution >= 4 is 11.8 Å². The number of hydrogen-bond acceptors (Lipinski definition) is 4. The Hall–Kier alpha value is -3.80. The Balaban J connectivity index is 0.000000230. The predicted molar refractivity (Wildman–Crippen MR) is 172 cm³/mol. The molecule has 0 aromatic carbocycles. The lowest BCUT2D eigenvalue weighted by atomic mass is 10.00. The van der Waals surface area contributed by atoms with Crippen molar-refractivity contribution in [2.75, 3.05) is 13.1 Å². The van der Waals surface area contributed by atoms with Crippen LogP contribution in [0.25, 0.3) is 0 Å². The van der Waals surface area contributed by atoms with Gasteiger partial charge in [0.2, 0.25) is 11.8 Å². The van der Waals surface area contributed by atoms with Crippen molar-refractivity contribution in [1.29, 1.82) is 0 Å². The monoisotopic (exact) mass is 568 g/mol. The van der Waals surface area contributed by atoms with Crippen LogP contribution in [-0.2, 0) is 9.59 Å². The summed E-state index contributed by atoms with van der Waals surface area (Å²) in [5.74, 6) is 2.04. The maximum atomic E-state index is 12.0. The van der Waals surface area contributed by atoms with Crippen LogP contribution in [0.1, 0.15) is 98.6 Å². The number of rotatable bonds is 16. The van der Waals surface area contributed by atoms with E-state index in [1.807, 2.05) is 48.8 Å². The van der Waals surface area contributed by atoms with E-state index >= 15 is 0 Å². The van der Waals surface area contributed by atoms with Crippen molar-refractivity contribution in [3.63, 3.8) is 0 Å². The summed E-state index contributed by atoms with van der Waals surface area (Å²) in [5, 5.41) is 5.93. The minimum Gasteiger partial charge on any atom is -0.356 e. The normalized spacial score (nSPS) is 21.4. The number of hydrogen-bond donors (Lipinski definition) is 2. The number of allylic oxidation sites excluding steroid dienone is 2. The fourth-order valence-electron chi connectivity index (χ4n) is 5.24. The van der Waals surface area contributed by atoms with Crippen molar-refractivity contribution in [1.82, 2.24) is 20.6 Å². The molecule has 2 N–H and O–H groups in total. The van der Waals surface area contributed by atoms with Crippen molar-refractivity contribution in [2.45, 2.75) is 76.0 Å². The molecule has 2 amide bonds. The van der Waals surface area contributed by atoms with Gasteiger partial charge >= 0.3 is 0 Å². The third-order valence-electron chi connectivity index (χ3n) is 8.07. The van der Waals surface area contributed by atoms with Gasteiger partial charge in [-0.3, -0.25) is 19.6 Å². The lowest BCUT2D eigenvalue weighted by Gasteiger charge is -2.10. The quantitative estimate of drug-likeness (QED) is 0.167. The standard InChI is InChI=1S/2C18H24N2O/c2*1-4-6-9-20-18(21)16-12-15(16)14-8-10-19-17(11-14)13(3)7-5-2/h2*4-5,8,10-11,13,15-16H,1-2,6-7,9,12H2,3H3,(H,20,21)/t13-,15+,16+;13-,15-,16-/m00/s1. The second-order valence-corrected chi connectivity index (χ2v) is 11.5. The van der Waals surface area contributed by atoms with Crippen LogP contribution >= 0.6 is 0 Å². The SMILES string of the molecule is C=CCCNC(=O)[C@@H]1C[C@@H]1c1ccnc([C@@H](C)CC=C)c1.C=CCCNC(=O)[C@H]1C[C@H]1c1ccnc([C@@H](C)CC=C)c1. The first-order valence-electron chi connectivity index (χ1n) is 15.2. The summed E-state index contributed by atoms with van der Waals surface area (Å²) in [6, 6.07) is 8.36. The molecule has 0 radical (unpaired) electrons. The minimum atomic E-state index is 0.125. The largest absolute Gasteiger partial charge is 0.356 e. The topological polar surface area (TPSA) is 84.0 Å². The van der Waals surface area contributed by atoms with Gasteiger partial charge in [0, 0.05) is 60.5 Å². The van der Waals surface area contributed by atoms with Gasteiger partial charge in [-0.1, -0.05) is 38.2 Å². The molecular weight excluding hydrogens is 520 g/mol. The Morgan fingerprint density at radius 1 is 0.762 bits per heavy atom. The van der Waals surface area contributed by atoms with Gasteiger partial charge in [-0.05, 0) is 85.8 Å². The summed E-state index contributed by atoms with van der Waals surface area (Å²) in [7, 11) is 0. The first kappa shape index (κ1) is 32.7. The fraction of sp³-hybridized carbons (Fsp3) is 0.444. The molecule has 4 rings (SSSR count). The van der Waals surface area contributed by atoms with Gasteiger partial charge in [0.15, 0.2) is 0 Å². The second-order valence-electron chi connectivity index (χ2n) is 11.5. The second kappa shape index (κ2) is 16.6. The van der Waals surface area contributed by atoms with Gasteiger partial charge in [-0.2, -0.15) is 0 Å². The van der Waals surface area contributed by atoms with Crippen molar-refractivity contribution in [2.24, 2.45) is 11.8 Å². The maximum Gasteiger partial charge on any atom is 0.223 e. The molecule has 224 valence electrons. The van der Waals surface area contributed by atoms with E-state index < -0.39 is 0 Å². The highest BCUT2D eigenvalue weighted by molar-refractivity contribution is 5.83. The zero-order chi connectivity index (χ0) is 30.5. The van der Waals surface area contributed by atoms with Crippen LogP contribution in [0.3, 0.4) is 0 Å². The van der Waals surface area contributed by atoms with Crippen LogP contribution in [0.2, 0.25) is 0 Å². The smallest absolute Gasteiger partial charge is 0.223 e. The Kier molecular flexibility index (Phi) is 12.9. The minimum absolute atomic E-state index is 0.125. The van der Waals surface area contributed by atoms with Crippen molar-refractivity contribution in [3.8, 4) is 0 Å². The van der Waals surface area contributed by atoms with Gasteiger partial charge in [-0.25, -0.2) is 0 Å². The lowest BCUT2D eigenvalue weighted by Crippen LogP contribution is -2.26. The Labute approximate surface area is 252 Å².